The van der Waals surface area contributed by atoms with Crippen molar-refractivity contribution < 1.29 is 15.0 Å². The third-order valence-electron chi connectivity index (χ3n) is 18.4. The van der Waals surface area contributed by atoms with E-state index in [9.17, 15) is 15.0 Å². The van der Waals surface area contributed by atoms with Crippen molar-refractivity contribution in [2.75, 3.05) is 6.61 Å². The molecule has 3 N–H and O–H groups in total. The number of hydrogen-bond donors (Lipinski definition) is 3. The largest absolute Gasteiger partial charge is 0.394 e. The van der Waals surface area contributed by atoms with E-state index in [0.29, 0.717) is 6.42 Å². The number of allylic oxidation sites excluding steroid dienone is 5. The zero-order valence-electron chi connectivity index (χ0n) is 57.0. The number of hydrogen-bond acceptors (Lipinski definition) is 3. The fraction of sp³-hybridized carbons (Fsp3) is 0.911. The van der Waals surface area contributed by atoms with E-state index in [-0.39, 0.29) is 12.5 Å². The van der Waals surface area contributed by atoms with Crippen LogP contribution in [0.1, 0.15) is 444 Å². The number of carbonyl (C=O) groups excluding carboxylic acids is 1. The van der Waals surface area contributed by atoms with Gasteiger partial charge in [-0.25, -0.2) is 0 Å². The number of nitrogens with one attached hydrogen (secondary N) is 1. The number of amides is 1. The van der Waals surface area contributed by atoms with Gasteiger partial charge in [-0.15, -0.1) is 0 Å². The van der Waals surface area contributed by atoms with Crippen molar-refractivity contribution in [3.05, 3.63) is 36.5 Å². The van der Waals surface area contributed by atoms with Gasteiger partial charge in [-0.1, -0.05) is 429 Å². The summed E-state index contributed by atoms with van der Waals surface area (Å²) in [6, 6.07) is -0.646. The quantitative estimate of drug-likeness (QED) is 0.0420. The molecule has 0 aliphatic carbocycles. The van der Waals surface area contributed by atoms with Crippen LogP contribution in [0.15, 0.2) is 36.5 Å². The molecule has 0 saturated heterocycles. The molecule has 4 nitrogen and oxygen atoms in total. The molecule has 0 aliphatic heterocycles. The van der Waals surface area contributed by atoms with E-state index in [2.05, 4.69) is 43.5 Å². The van der Waals surface area contributed by atoms with Crippen LogP contribution in [0, 0.1) is 0 Å². The summed E-state index contributed by atoms with van der Waals surface area (Å²) in [6.07, 6.45) is 104. The number of unbranched alkanes of at least 4 members (excludes halogenated alkanes) is 62. The van der Waals surface area contributed by atoms with E-state index in [1.165, 1.54) is 385 Å². The molecule has 0 saturated carbocycles. The summed E-state index contributed by atoms with van der Waals surface area (Å²) in [6.45, 7) is 4.35. The third kappa shape index (κ3) is 71.3. The Labute approximate surface area is 522 Å². The van der Waals surface area contributed by atoms with Gasteiger partial charge in [0.05, 0.1) is 18.8 Å². The second-order valence-electron chi connectivity index (χ2n) is 26.8. The van der Waals surface area contributed by atoms with Gasteiger partial charge in [0.15, 0.2) is 0 Å². The van der Waals surface area contributed by atoms with Crippen molar-refractivity contribution in [3.63, 3.8) is 0 Å². The maximum Gasteiger partial charge on any atom is 0.220 e. The molecule has 0 aromatic rings. The Morgan fingerprint density at radius 2 is 0.470 bits per heavy atom. The van der Waals surface area contributed by atoms with Gasteiger partial charge >= 0.3 is 0 Å². The van der Waals surface area contributed by atoms with E-state index in [0.717, 1.165) is 38.5 Å². The van der Waals surface area contributed by atoms with Gasteiger partial charge in [-0.2, -0.15) is 0 Å². The van der Waals surface area contributed by atoms with E-state index >= 15 is 0 Å². The molecule has 0 aromatic heterocycles. The highest BCUT2D eigenvalue weighted by atomic mass is 16.3. The molecule has 0 aliphatic rings. The lowest BCUT2D eigenvalue weighted by Crippen LogP contribution is -2.45. The molecule has 2 atom stereocenters. The molecule has 0 radical (unpaired) electrons. The van der Waals surface area contributed by atoms with Crippen molar-refractivity contribution in [2.45, 2.75) is 456 Å². The van der Waals surface area contributed by atoms with Crippen LogP contribution in [0.2, 0.25) is 0 Å². The molecule has 0 aromatic carbocycles. The summed E-state index contributed by atoms with van der Waals surface area (Å²) in [5.41, 5.74) is 0. The van der Waals surface area contributed by atoms with E-state index in [1.807, 2.05) is 6.08 Å². The molecule has 0 fully saturated rings. The lowest BCUT2D eigenvalue weighted by Gasteiger charge is -2.19. The van der Waals surface area contributed by atoms with E-state index in [4.69, 9.17) is 0 Å². The van der Waals surface area contributed by atoms with Gasteiger partial charge in [0.1, 0.15) is 0 Å². The smallest absolute Gasteiger partial charge is 0.220 e. The van der Waals surface area contributed by atoms with Crippen molar-refractivity contribution in [1.82, 2.24) is 5.32 Å². The van der Waals surface area contributed by atoms with Gasteiger partial charge in [0.2, 0.25) is 5.91 Å². The van der Waals surface area contributed by atoms with Gasteiger partial charge in [0, 0.05) is 6.42 Å². The van der Waals surface area contributed by atoms with Gasteiger partial charge in [-0.3, -0.25) is 4.79 Å². The summed E-state index contributed by atoms with van der Waals surface area (Å²) in [7, 11) is 0. The van der Waals surface area contributed by atoms with Crippen LogP contribution >= 0.6 is 0 Å². The van der Waals surface area contributed by atoms with Gasteiger partial charge < -0.3 is 15.5 Å². The van der Waals surface area contributed by atoms with Gasteiger partial charge in [-0.05, 0) is 44.9 Å². The Bertz CT molecular complexity index is 1270. The summed E-state index contributed by atoms with van der Waals surface area (Å²) in [5.74, 6) is -0.0685. The van der Waals surface area contributed by atoms with Crippen LogP contribution < -0.4 is 5.32 Å². The predicted molar refractivity (Wildman–Crippen MR) is 373 cm³/mol. The summed E-state index contributed by atoms with van der Waals surface area (Å²) in [5, 5.41) is 23.3. The minimum atomic E-state index is -0.871. The van der Waals surface area contributed by atoms with Crippen LogP contribution in [-0.2, 0) is 4.79 Å². The van der Waals surface area contributed by atoms with Crippen LogP contribution in [0.4, 0.5) is 0 Å². The second kappa shape index (κ2) is 74.9. The van der Waals surface area contributed by atoms with Crippen LogP contribution in [-0.4, -0.2) is 34.9 Å². The number of rotatable bonds is 73. The standard InChI is InChI=1S/C79H153NO3/c1-3-5-7-9-11-13-15-17-19-21-23-25-27-29-31-33-35-36-37-38-39-40-41-42-43-44-45-47-49-51-53-55-57-59-61-63-65-67-69-71-73-75-79(83)80-77(76-81)78(82)74-72-70-68-66-64-62-60-58-56-54-52-50-48-46-34-32-30-28-26-24-22-20-18-16-14-12-10-8-6-4-2/h56,58,64,66,72,74,77-78,81-82H,3-55,57,59-63,65,67-71,73,75-76H2,1-2H3,(H,80,83)/b58-56+,66-64+,74-72+. The Kier molecular flexibility index (Phi) is 73.6. The molecule has 4 heteroatoms. The fourth-order valence-electron chi connectivity index (χ4n) is 12.5. The number of aliphatic hydroxyl groups excluding tert-OH is 2. The normalized spacial score (nSPS) is 12.8. The molecule has 0 rings (SSSR count). The summed E-state index contributed by atoms with van der Waals surface area (Å²) < 4.78 is 0. The van der Waals surface area contributed by atoms with Crippen LogP contribution in [0.5, 0.6) is 0 Å². The average molecular weight is 1170 g/mol. The first kappa shape index (κ1) is 81.6. The Morgan fingerprint density at radius 1 is 0.277 bits per heavy atom. The number of carbonyl (C=O) groups is 1. The highest BCUT2D eigenvalue weighted by Gasteiger charge is 2.18. The Balaban J connectivity index is 3.41. The topological polar surface area (TPSA) is 69.6 Å². The first-order valence-corrected chi connectivity index (χ1v) is 38.7. The molecule has 0 bridgehead atoms. The molecule has 492 valence electrons. The lowest BCUT2D eigenvalue weighted by molar-refractivity contribution is -0.123. The van der Waals surface area contributed by atoms with Crippen molar-refractivity contribution in [3.8, 4) is 0 Å². The lowest BCUT2D eigenvalue weighted by atomic mass is 10.0. The highest BCUT2D eigenvalue weighted by molar-refractivity contribution is 5.76. The van der Waals surface area contributed by atoms with Crippen molar-refractivity contribution >= 4 is 5.91 Å². The number of aliphatic hydroxyl groups is 2. The maximum absolute atomic E-state index is 12.6. The first-order valence-electron chi connectivity index (χ1n) is 38.7. The summed E-state index contributed by atoms with van der Waals surface area (Å²) >= 11 is 0. The molecular formula is C79H153NO3. The average Bonchev–Trinajstić information content (AvgIpc) is 3.50. The van der Waals surface area contributed by atoms with Gasteiger partial charge in [0.25, 0.3) is 0 Å². The molecule has 83 heavy (non-hydrogen) atoms. The molecule has 2 unspecified atom stereocenters. The molecular weight excluding hydrogens is 1010 g/mol. The monoisotopic (exact) mass is 1160 g/mol. The minimum Gasteiger partial charge on any atom is -0.394 e. The summed E-state index contributed by atoms with van der Waals surface area (Å²) in [4.78, 5) is 12.6. The zero-order chi connectivity index (χ0) is 59.8. The minimum absolute atomic E-state index is 0.0685. The third-order valence-corrected chi connectivity index (χ3v) is 18.4. The van der Waals surface area contributed by atoms with E-state index < -0.39 is 12.1 Å². The zero-order valence-corrected chi connectivity index (χ0v) is 57.0. The molecule has 0 spiro atoms. The molecule has 0 heterocycles. The second-order valence-corrected chi connectivity index (χ2v) is 26.8. The predicted octanol–water partition coefficient (Wildman–Crippen LogP) is 26.7. The van der Waals surface area contributed by atoms with E-state index in [1.54, 1.807) is 6.08 Å². The maximum atomic E-state index is 12.6. The van der Waals surface area contributed by atoms with Crippen molar-refractivity contribution in [2.24, 2.45) is 0 Å². The fourth-order valence-corrected chi connectivity index (χ4v) is 12.5. The molecule has 1 amide bonds. The first-order chi connectivity index (χ1) is 41.2. The van der Waals surface area contributed by atoms with Crippen LogP contribution in [0.25, 0.3) is 0 Å². The van der Waals surface area contributed by atoms with Crippen molar-refractivity contribution in [1.29, 1.82) is 0 Å². The Morgan fingerprint density at radius 3 is 0.699 bits per heavy atom. The van der Waals surface area contributed by atoms with Crippen LogP contribution in [0.3, 0.4) is 0 Å². The Hall–Kier alpha value is -1.39. The highest BCUT2D eigenvalue weighted by Crippen LogP contribution is 2.20. The SMILES string of the molecule is CCCCCCCCCCCCCCCCCCCCCC/C=C/CC/C=C/CC/C=C/C(O)C(CO)NC(=O)CCCCCCCCCCCCCCCCCCCCCCCCCCCCCCCCCCCCCCCCCCC.